The highest BCUT2D eigenvalue weighted by Crippen LogP contribution is 2.39. The van der Waals surface area contributed by atoms with Crippen molar-refractivity contribution in [2.24, 2.45) is 0 Å². The van der Waals surface area contributed by atoms with Gasteiger partial charge in [-0.3, -0.25) is 14.5 Å². The van der Waals surface area contributed by atoms with Crippen molar-refractivity contribution < 1.29 is 37.7 Å². The number of anilines is 3. The third kappa shape index (κ3) is 5.32. The average molecular weight is 572 g/mol. The Hall–Kier alpha value is -4.88. The maximum Gasteiger partial charge on any atom is 0.414 e. The fourth-order valence-electron chi connectivity index (χ4n) is 4.84. The van der Waals surface area contributed by atoms with E-state index in [1.165, 1.54) is 30.2 Å². The molecule has 1 unspecified atom stereocenters. The van der Waals surface area contributed by atoms with Gasteiger partial charge in [-0.25, -0.2) is 18.4 Å². The quantitative estimate of drug-likeness (QED) is 0.284. The summed E-state index contributed by atoms with van der Waals surface area (Å²) in [7, 11) is 0. The minimum absolute atomic E-state index is 0.000363. The summed E-state index contributed by atoms with van der Waals surface area (Å²) in [5, 5.41) is 17.7. The van der Waals surface area contributed by atoms with Crippen LogP contribution < -0.4 is 31.0 Å². The molecule has 1 fully saturated rings. The summed E-state index contributed by atoms with van der Waals surface area (Å²) in [6.07, 6.45) is 0.0390. The van der Waals surface area contributed by atoms with Gasteiger partial charge < -0.3 is 35.1 Å². The highest BCUT2D eigenvalue weighted by atomic mass is 19.1. The first-order chi connectivity index (χ1) is 19.5. The Kier molecular flexibility index (Phi) is 7.39. The van der Waals surface area contributed by atoms with E-state index in [-0.39, 0.29) is 72.8 Å². The van der Waals surface area contributed by atoms with Crippen LogP contribution in [0.5, 0.6) is 5.75 Å². The number of hydrogen-bond acceptors (Lipinski definition) is 8. The third-order valence-corrected chi connectivity index (χ3v) is 6.86. The van der Waals surface area contributed by atoms with Crippen LogP contribution in [0.3, 0.4) is 0 Å². The molecule has 2 aliphatic rings. The van der Waals surface area contributed by atoms with E-state index in [0.29, 0.717) is 5.69 Å². The van der Waals surface area contributed by atoms with Crippen LogP contribution in [0.2, 0.25) is 0 Å². The van der Waals surface area contributed by atoms with Crippen molar-refractivity contribution in [1.29, 1.82) is 0 Å². The first-order valence-corrected chi connectivity index (χ1v) is 12.8. The van der Waals surface area contributed by atoms with E-state index in [0.717, 1.165) is 6.07 Å². The molecule has 5 rings (SSSR count). The number of nitrogens with zero attached hydrogens (tertiary/aromatic N) is 2. The number of halogens is 2. The molecule has 14 heteroatoms. The molecule has 3 heterocycles. The molecule has 41 heavy (non-hydrogen) atoms. The highest BCUT2D eigenvalue weighted by molar-refractivity contribution is 5.97. The SMILES string of the molecule is CC(=O)NC[C@H]1CN(c2ccc(NCCNc3c(F)cc4c(=O)c(C(=O)O)cn5c4c3OCC5C)c(F)c2)C(=O)O1. The van der Waals surface area contributed by atoms with E-state index >= 15 is 4.39 Å². The van der Waals surface area contributed by atoms with Gasteiger partial charge in [0.25, 0.3) is 0 Å². The molecule has 12 nitrogen and oxygen atoms in total. The van der Waals surface area contributed by atoms with Crippen molar-refractivity contribution in [2.45, 2.75) is 26.0 Å². The molecule has 216 valence electrons. The molecule has 2 aliphatic heterocycles. The van der Waals surface area contributed by atoms with Crippen molar-refractivity contribution >= 4 is 45.9 Å². The van der Waals surface area contributed by atoms with Crippen molar-refractivity contribution in [3.05, 3.63) is 57.9 Å². The van der Waals surface area contributed by atoms with Crippen molar-refractivity contribution in [3.8, 4) is 5.75 Å². The molecule has 0 radical (unpaired) electrons. The monoisotopic (exact) mass is 571 g/mol. The number of carbonyl (C=O) groups is 3. The number of pyridine rings is 1. The molecular weight excluding hydrogens is 544 g/mol. The van der Waals surface area contributed by atoms with Gasteiger partial charge in [0.15, 0.2) is 11.6 Å². The van der Waals surface area contributed by atoms with Gasteiger partial charge in [-0.15, -0.1) is 0 Å². The molecule has 2 atom stereocenters. The predicted octanol–water partition coefficient (Wildman–Crippen LogP) is 2.92. The summed E-state index contributed by atoms with van der Waals surface area (Å²) in [6, 6.07) is 4.89. The number of amides is 2. The number of rotatable bonds is 9. The Balaban J connectivity index is 1.27. The molecule has 2 aromatic carbocycles. The van der Waals surface area contributed by atoms with Crippen LogP contribution in [-0.2, 0) is 9.53 Å². The summed E-state index contributed by atoms with van der Waals surface area (Å²) in [5.41, 5.74) is -0.530. The number of carboxylic acid groups (broad SMARTS) is 1. The number of aromatic carboxylic acids is 1. The fraction of sp³-hybridized carbons (Fsp3) is 0.333. The van der Waals surface area contributed by atoms with E-state index < -0.39 is 40.8 Å². The zero-order valence-corrected chi connectivity index (χ0v) is 22.1. The molecule has 1 saturated heterocycles. The highest BCUT2D eigenvalue weighted by Gasteiger charge is 2.33. The second kappa shape index (κ2) is 10.9. The minimum atomic E-state index is -1.40. The lowest BCUT2D eigenvalue weighted by atomic mass is 10.1. The van der Waals surface area contributed by atoms with Crippen molar-refractivity contribution in [2.75, 3.05) is 48.3 Å². The molecule has 0 aliphatic carbocycles. The number of carbonyl (C=O) groups excluding carboxylic acids is 2. The zero-order valence-electron chi connectivity index (χ0n) is 22.1. The first-order valence-electron chi connectivity index (χ1n) is 12.8. The Morgan fingerprint density at radius 1 is 1.12 bits per heavy atom. The topological polar surface area (TPSA) is 151 Å². The fourth-order valence-corrected chi connectivity index (χ4v) is 4.84. The van der Waals surface area contributed by atoms with E-state index in [1.807, 2.05) is 0 Å². The maximum absolute atomic E-state index is 15.1. The van der Waals surface area contributed by atoms with Gasteiger partial charge in [-0.05, 0) is 31.2 Å². The van der Waals surface area contributed by atoms with Gasteiger partial charge in [-0.2, -0.15) is 0 Å². The van der Waals surface area contributed by atoms with E-state index in [4.69, 9.17) is 9.47 Å². The molecule has 1 aromatic heterocycles. The Morgan fingerprint density at radius 2 is 1.88 bits per heavy atom. The molecule has 2 amide bonds. The largest absolute Gasteiger partial charge is 0.487 e. The second-order valence-corrected chi connectivity index (χ2v) is 9.77. The van der Waals surface area contributed by atoms with Gasteiger partial charge in [0.1, 0.15) is 29.8 Å². The van der Waals surface area contributed by atoms with Gasteiger partial charge in [0.05, 0.1) is 41.4 Å². The number of nitrogens with one attached hydrogen (secondary N) is 3. The van der Waals surface area contributed by atoms with Crippen LogP contribution in [0.4, 0.5) is 30.6 Å². The summed E-state index contributed by atoms with van der Waals surface area (Å²) in [4.78, 5) is 48.8. The standard InChI is InChI=1S/C27H27F2N5O7/c1-13-12-40-25-22(20(29)8-17-23(25)33(13)11-18(24(17)36)26(37)38)31-6-5-30-21-4-3-15(7-19(21)28)34-10-16(41-27(34)39)9-32-14(2)35/h3-4,7-8,11,13,16,30-31H,5-6,9-10,12H2,1-2H3,(H,32,35)(H,37,38)/t13?,16-/m0/s1. The molecule has 0 bridgehead atoms. The second-order valence-electron chi connectivity index (χ2n) is 9.77. The molecule has 3 aromatic rings. The number of hydrogen-bond donors (Lipinski definition) is 4. The van der Waals surface area contributed by atoms with Gasteiger partial charge in [-0.1, -0.05) is 0 Å². The van der Waals surface area contributed by atoms with E-state index in [9.17, 15) is 28.7 Å². The number of aromatic nitrogens is 1. The summed E-state index contributed by atoms with van der Waals surface area (Å²) >= 11 is 0. The summed E-state index contributed by atoms with van der Waals surface area (Å²) in [5.74, 6) is -2.98. The predicted molar refractivity (Wildman–Crippen MR) is 145 cm³/mol. The Labute approximate surface area is 231 Å². The smallest absolute Gasteiger partial charge is 0.414 e. The number of ether oxygens (including phenoxy) is 2. The number of carboxylic acids is 1. The third-order valence-electron chi connectivity index (χ3n) is 6.86. The van der Waals surface area contributed by atoms with E-state index in [2.05, 4.69) is 16.0 Å². The molecule has 0 spiro atoms. The average Bonchev–Trinajstić information content (AvgIpc) is 3.30. The first kappa shape index (κ1) is 27.7. The van der Waals surface area contributed by atoms with Gasteiger partial charge in [0, 0.05) is 26.2 Å². The summed E-state index contributed by atoms with van der Waals surface area (Å²) in [6.45, 7) is 3.88. The lowest BCUT2D eigenvalue weighted by Crippen LogP contribution is -2.33. The van der Waals surface area contributed by atoms with Crippen LogP contribution in [0.15, 0.2) is 35.3 Å². The van der Waals surface area contributed by atoms with Crippen molar-refractivity contribution in [1.82, 2.24) is 9.88 Å². The van der Waals surface area contributed by atoms with Crippen LogP contribution in [0.1, 0.15) is 30.2 Å². The lowest BCUT2D eigenvalue weighted by molar-refractivity contribution is -0.119. The van der Waals surface area contributed by atoms with Crippen LogP contribution >= 0.6 is 0 Å². The van der Waals surface area contributed by atoms with E-state index in [1.54, 1.807) is 17.6 Å². The molecular formula is C27H27F2N5O7. The Bertz CT molecular complexity index is 1630. The van der Waals surface area contributed by atoms with Crippen LogP contribution in [-0.4, -0.2) is 66.5 Å². The summed E-state index contributed by atoms with van der Waals surface area (Å²) < 4.78 is 42.5. The zero-order chi connectivity index (χ0) is 29.4. The normalized spacial score (nSPS) is 17.7. The van der Waals surface area contributed by atoms with Gasteiger partial charge in [0.2, 0.25) is 11.3 Å². The Morgan fingerprint density at radius 3 is 2.59 bits per heavy atom. The van der Waals surface area contributed by atoms with Crippen LogP contribution in [0.25, 0.3) is 10.9 Å². The minimum Gasteiger partial charge on any atom is -0.487 e. The molecule has 0 saturated carbocycles. The van der Waals surface area contributed by atoms with Gasteiger partial charge >= 0.3 is 12.1 Å². The molecule has 4 N–H and O–H groups in total. The number of benzene rings is 2. The maximum atomic E-state index is 15.1. The van der Waals surface area contributed by atoms with Crippen molar-refractivity contribution in [3.63, 3.8) is 0 Å². The lowest BCUT2D eigenvalue weighted by Gasteiger charge is -2.28. The van der Waals surface area contributed by atoms with Crippen LogP contribution in [0, 0.1) is 11.6 Å². The number of cyclic esters (lactones) is 1.